The molecule has 33 heavy (non-hydrogen) atoms. The van der Waals surface area contributed by atoms with Crippen LogP contribution in [0.25, 0.3) is 10.8 Å². The topological polar surface area (TPSA) is 74.8 Å². The van der Waals surface area contributed by atoms with Gasteiger partial charge in [-0.25, -0.2) is 16.3 Å². The van der Waals surface area contributed by atoms with Crippen LogP contribution in [0.1, 0.15) is 55.0 Å². The number of nitrogens with one attached hydrogen (secondary N) is 3. The number of carbonyl (C=O) groups is 1. The molecule has 3 aromatic rings. The molecule has 5 rings (SSSR count). The summed E-state index contributed by atoms with van der Waals surface area (Å²) in [6.45, 7) is 4.63. The van der Waals surface area contributed by atoms with E-state index >= 15 is 0 Å². The molecule has 0 spiro atoms. The van der Waals surface area contributed by atoms with E-state index in [1.807, 2.05) is 38.1 Å². The van der Waals surface area contributed by atoms with Crippen LogP contribution in [-0.4, -0.2) is 24.3 Å². The minimum absolute atomic E-state index is 0.0754. The molecule has 1 aliphatic heterocycles. The predicted octanol–water partition coefficient (Wildman–Crippen LogP) is 4.18. The van der Waals surface area contributed by atoms with Crippen LogP contribution in [0.2, 0.25) is 0 Å². The Labute approximate surface area is 194 Å². The Morgan fingerprint density at radius 1 is 1.03 bits per heavy atom. The number of benzene rings is 3. The van der Waals surface area contributed by atoms with Crippen LogP contribution in [0.4, 0.5) is 0 Å². The van der Waals surface area contributed by atoms with E-state index in [4.69, 9.17) is 4.74 Å². The van der Waals surface area contributed by atoms with Crippen molar-refractivity contribution < 1.29 is 9.53 Å². The second kappa shape index (κ2) is 9.33. The van der Waals surface area contributed by atoms with Gasteiger partial charge in [0.1, 0.15) is 11.8 Å². The van der Waals surface area contributed by atoms with Gasteiger partial charge < -0.3 is 4.74 Å². The quantitative estimate of drug-likeness (QED) is 0.379. The van der Waals surface area contributed by atoms with Crippen LogP contribution in [0.5, 0.6) is 5.75 Å². The van der Waals surface area contributed by atoms with E-state index < -0.39 is 0 Å². The van der Waals surface area contributed by atoms with E-state index in [0.717, 1.165) is 29.9 Å². The van der Waals surface area contributed by atoms with E-state index in [2.05, 4.69) is 51.7 Å². The molecule has 170 valence electrons. The number of hydrazine groups is 1. The Hall–Kier alpha value is -3.22. The third kappa shape index (κ3) is 4.24. The molecular weight excluding hydrogens is 412 g/mol. The molecule has 6 nitrogen and oxygen atoms in total. The first-order chi connectivity index (χ1) is 16.2. The van der Waals surface area contributed by atoms with Crippen molar-refractivity contribution >= 4 is 22.4 Å². The molecule has 0 bridgehead atoms. The number of aryl methyl sites for hydroxylation is 2. The molecular formula is C27H30N4O2. The zero-order valence-corrected chi connectivity index (χ0v) is 19.2. The van der Waals surface area contributed by atoms with Crippen molar-refractivity contribution in [3.63, 3.8) is 0 Å². The minimum atomic E-state index is -0.347. The molecule has 1 amide bonds. The highest BCUT2D eigenvalue weighted by atomic mass is 16.5. The Kier molecular flexibility index (Phi) is 6.11. The summed E-state index contributed by atoms with van der Waals surface area (Å²) in [5.74, 6) is 0.698. The van der Waals surface area contributed by atoms with E-state index in [-0.39, 0.29) is 18.0 Å². The first-order valence-electron chi connectivity index (χ1n) is 11.8. The molecule has 2 unspecified atom stereocenters. The van der Waals surface area contributed by atoms with Gasteiger partial charge in [-0.2, -0.15) is 5.10 Å². The number of rotatable bonds is 7. The van der Waals surface area contributed by atoms with Crippen LogP contribution in [0.15, 0.2) is 59.7 Å². The lowest BCUT2D eigenvalue weighted by Crippen LogP contribution is -2.41. The number of carbonyl (C=O) groups excluding carboxylic acids is 1. The lowest BCUT2D eigenvalue weighted by atomic mass is 9.93. The summed E-state index contributed by atoms with van der Waals surface area (Å²) in [5, 5.41) is 7.12. The van der Waals surface area contributed by atoms with Gasteiger partial charge in [0.25, 0.3) is 5.91 Å². The summed E-state index contributed by atoms with van der Waals surface area (Å²) in [5.41, 5.74) is 15.2. The van der Waals surface area contributed by atoms with Crippen LogP contribution in [0, 0.1) is 0 Å². The molecule has 0 radical (unpaired) electrons. The number of ether oxygens (including phenoxy) is 1. The van der Waals surface area contributed by atoms with Gasteiger partial charge in [-0.15, -0.1) is 0 Å². The van der Waals surface area contributed by atoms with Crippen LogP contribution >= 0.6 is 0 Å². The Morgan fingerprint density at radius 3 is 2.58 bits per heavy atom. The molecule has 3 aromatic carbocycles. The minimum Gasteiger partial charge on any atom is -0.494 e. The normalized spacial score (nSPS) is 19.8. The summed E-state index contributed by atoms with van der Waals surface area (Å²) in [6, 6.07) is 18.6. The maximum Gasteiger partial charge on any atom is 0.258 e. The highest BCUT2D eigenvalue weighted by Crippen LogP contribution is 2.36. The first-order valence-corrected chi connectivity index (χ1v) is 11.8. The maximum absolute atomic E-state index is 12.9. The molecule has 1 saturated heterocycles. The Morgan fingerprint density at radius 2 is 1.82 bits per heavy atom. The zero-order valence-electron chi connectivity index (χ0n) is 19.2. The summed E-state index contributed by atoms with van der Waals surface area (Å²) in [7, 11) is 0. The average Bonchev–Trinajstić information content (AvgIpc) is 3.50. The fraction of sp³-hybridized carbons (Fsp3) is 0.333. The molecule has 2 atom stereocenters. The molecule has 2 aliphatic rings. The Bertz CT molecular complexity index is 1190. The van der Waals surface area contributed by atoms with Crippen molar-refractivity contribution in [1.82, 2.24) is 16.3 Å². The van der Waals surface area contributed by atoms with Gasteiger partial charge >= 0.3 is 0 Å². The van der Waals surface area contributed by atoms with E-state index in [1.54, 1.807) is 0 Å². The molecule has 1 aliphatic carbocycles. The zero-order chi connectivity index (χ0) is 22.8. The number of hydrazone groups is 1. The second-order valence-electron chi connectivity index (χ2n) is 8.63. The summed E-state index contributed by atoms with van der Waals surface area (Å²) >= 11 is 0. The third-order valence-electron chi connectivity index (χ3n) is 6.64. The predicted molar refractivity (Wildman–Crippen MR) is 131 cm³/mol. The highest BCUT2D eigenvalue weighted by Gasteiger charge is 2.31. The van der Waals surface area contributed by atoms with Crippen molar-refractivity contribution in [2.75, 3.05) is 6.61 Å². The van der Waals surface area contributed by atoms with Gasteiger partial charge in [-0.1, -0.05) is 37.3 Å². The maximum atomic E-state index is 12.9. The first kappa shape index (κ1) is 21.6. The van der Waals surface area contributed by atoms with Crippen molar-refractivity contribution in [1.29, 1.82) is 0 Å². The molecule has 0 aromatic heterocycles. The van der Waals surface area contributed by atoms with E-state index in [0.29, 0.717) is 19.4 Å². The van der Waals surface area contributed by atoms with Crippen molar-refractivity contribution in [3.05, 3.63) is 76.9 Å². The van der Waals surface area contributed by atoms with Crippen molar-refractivity contribution in [2.45, 2.75) is 51.6 Å². The van der Waals surface area contributed by atoms with Crippen LogP contribution in [-0.2, 0) is 17.6 Å². The van der Waals surface area contributed by atoms with Gasteiger partial charge in [-0.05, 0) is 89.9 Å². The van der Waals surface area contributed by atoms with Crippen LogP contribution < -0.4 is 21.0 Å². The SMILES string of the molecule is CCOc1ccc(/C(CC)=N/NC(=O)C2CC(c3ccc4c5c(cccc35)CC4)NN2)cc1. The summed E-state index contributed by atoms with van der Waals surface area (Å²) < 4.78 is 5.50. The molecule has 0 saturated carbocycles. The second-order valence-corrected chi connectivity index (χ2v) is 8.63. The third-order valence-corrected chi connectivity index (χ3v) is 6.64. The molecule has 1 heterocycles. The van der Waals surface area contributed by atoms with Crippen LogP contribution in [0.3, 0.4) is 0 Å². The monoisotopic (exact) mass is 442 g/mol. The highest BCUT2D eigenvalue weighted by molar-refractivity contribution is 6.01. The largest absolute Gasteiger partial charge is 0.494 e. The summed E-state index contributed by atoms with van der Waals surface area (Å²) in [6.07, 6.45) is 3.62. The Balaban J connectivity index is 1.27. The fourth-order valence-electron chi connectivity index (χ4n) is 4.96. The fourth-order valence-corrected chi connectivity index (χ4v) is 4.96. The number of amides is 1. The number of hydrogen-bond donors (Lipinski definition) is 3. The van der Waals surface area contributed by atoms with Crippen molar-refractivity contribution in [2.24, 2.45) is 5.10 Å². The van der Waals surface area contributed by atoms with Gasteiger partial charge in [0.2, 0.25) is 0 Å². The van der Waals surface area contributed by atoms with Gasteiger partial charge in [-0.3, -0.25) is 4.79 Å². The number of nitrogens with zero attached hydrogens (tertiary/aromatic N) is 1. The lowest BCUT2D eigenvalue weighted by Gasteiger charge is -2.14. The average molecular weight is 443 g/mol. The molecule has 6 heteroatoms. The van der Waals surface area contributed by atoms with Gasteiger partial charge in [0, 0.05) is 6.04 Å². The van der Waals surface area contributed by atoms with Crippen molar-refractivity contribution in [3.8, 4) is 5.75 Å². The summed E-state index contributed by atoms with van der Waals surface area (Å²) in [4.78, 5) is 12.9. The van der Waals surface area contributed by atoms with Gasteiger partial charge in [0.05, 0.1) is 12.3 Å². The molecule has 1 fully saturated rings. The molecule has 3 N–H and O–H groups in total. The number of hydrogen-bond acceptors (Lipinski definition) is 5. The standard InChI is InChI=1S/C27H30N4O2/c1-3-23(17-10-13-20(14-11-17)33-4-2)28-31-27(32)25-16-24(29-30-25)21-15-12-19-9-8-18-6-5-7-22(21)26(18)19/h5-7,10-15,24-25,29-30H,3-4,8-9,16H2,1-2H3,(H,31,32)/b28-23+. The lowest BCUT2D eigenvalue weighted by molar-refractivity contribution is -0.122. The van der Waals surface area contributed by atoms with Gasteiger partial charge in [0.15, 0.2) is 0 Å². The smallest absolute Gasteiger partial charge is 0.258 e. The van der Waals surface area contributed by atoms with E-state index in [1.165, 1.54) is 27.5 Å². The van der Waals surface area contributed by atoms with E-state index in [9.17, 15) is 4.79 Å².